The Morgan fingerprint density at radius 1 is 0.239 bits per heavy atom. The molecule has 0 aromatic heterocycles. The van der Waals surface area contributed by atoms with Crippen molar-refractivity contribution in [2.24, 2.45) is 0 Å². The number of halogens is 2. The SMILES string of the molecule is Oc1ccc(CCCSCCCCCCSSCCCCCCSCCCc2ccc(O)c(Cc3ccccc3)c2)cc1Cc1ccccc1.Oc1ccc(CCCSCCCCCCSSCCCCCCSCCCc2ccc(O)c(Cl)c2)cc1Cl. The highest BCUT2D eigenvalue weighted by molar-refractivity contribution is 8.77. The number of unbranched alkanes of at least 4 members (excludes halogenated alkanes) is 12. The third kappa shape index (κ3) is 37.6. The Hall–Kier alpha value is -2.10. The number of hydrogen-bond donors (Lipinski definition) is 4. The zero-order valence-electron chi connectivity index (χ0n) is 52.4. The number of aryl methyl sites for hydroxylation is 4. The van der Waals surface area contributed by atoms with Gasteiger partial charge in [-0.05, 0) is 230 Å². The van der Waals surface area contributed by atoms with Gasteiger partial charge in [-0.15, -0.1) is 0 Å². The first-order chi connectivity index (χ1) is 43.2. The Kier molecular flexibility index (Phi) is 44.7. The number of benzene rings is 6. The molecule has 0 aliphatic heterocycles. The molecule has 0 aliphatic carbocycles. The zero-order valence-corrected chi connectivity index (χ0v) is 60.4. The first kappa shape index (κ1) is 76.6. The largest absolute Gasteiger partial charge is 0.508 e. The maximum absolute atomic E-state index is 10.3. The van der Waals surface area contributed by atoms with Crippen LogP contribution in [0.5, 0.6) is 23.0 Å². The topological polar surface area (TPSA) is 80.9 Å². The van der Waals surface area contributed by atoms with E-state index in [9.17, 15) is 20.4 Å². The molecular weight excluding hydrogens is 1280 g/mol. The van der Waals surface area contributed by atoms with Crippen molar-refractivity contribution in [1.29, 1.82) is 0 Å². The van der Waals surface area contributed by atoms with Crippen LogP contribution in [-0.4, -0.2) is 89.5 Å². The van der Waals surface area contributed by atoms with Crippen molar-refractivity contribution in [2.45, 2.75) is 167 Å². The lowest BCUT2D eigenvalue weighted by atomic mass is 10.00. The zero-order chi connectivity index (χ0) is 62.2. The maximum atomic E-state index is 10.3. The molecule has 0 heterocycles. The van der Waals surface area contributed by atoms with E-state index in [0.717, 1.165) is 62.5 Å². The second-order valence-corrected chi connectivity index (χ2v) is 33.7. The number of rotatable bonds is 50. The predicted molar refractivity (Wildman–Crippen MR) is 407 cm³/mol. The van der Waals surface area contributed by atoms with Crippen molar-refractivity contribution >= 4 is 113 Å². The van der Waals surface area contributed by atoms with Crippen LogP contribution in [0.4, 0.5) is 0 Å². The summed E-state index contributed by atoms with van der Waals surface area (Å²) in [5.74, 6) is 16.3. The van der Waals surface area contributed by atoms with Gasteiger partial charge < -0.3 is 20.4 Å². The molecule has 0 amide bonds. The summed E-state index contributed by atoms with van der Waals surface area (Å²) in [5, 5.41) is 40.4. The van der Waals surface area contributed by atoms with Gasteiger partial charge in [-0.1, -0.05) is 215 Å². The van der Waals surface area contributed by atoms with Gasteiger partial charge in [-0.3, -0.25) is 0 Å². The predicted octanol–water partition coefficient (Wildman–Crippen LogP) is 23.8. The van der Waals surface area contributed by atoms with Crippen LogP contribution in [0.2, 0.25) is 10.0 Å². The highest BCUT2D eigenvalue weighted by atomic mass is 35.5. The molecule has 0 atom stereocenters. The fourth-order valence-corrected chi connectivity index (χ4v) is 18.8. The van der Waals surface area contributed by atoms with Crippen molar-refractivity contribution in [3.63, 3.8) is 0 Å². The monoisotopic (exact) mass is 1380 g/mol. The lowest BCUT2D eigenvalue weighted by molar-refractivity contribution is 0.468. The summed E-state index contributed by atoms with van der Waals surface area (Å²) in [4.78, 5) is 0. The molecule has 6 rings (SSSR count). The van der Waals surface area contributed by atoms with Crippen molar-refractivity contribution < 1.29 is 20.4 Å². The van der Waals surface area contributed by atoms with Crippen molar-refractivity contribution in [3.8, 4) is 23.0 Å². The van der Waals surface area contributed by atoms with Gasteiger partial charge in [0, 0.05) is 35.9 Å². The molecule has 14 heteroatoms. The average Bonchev–Trinajstić information content (AvgIpc) is 3.68. The smallest absolute Gasteiger partial charge is 0.134 e. The molecule has 6 aromatic rings. The summed E-state index contributed by atoms with van der Waals surface area (Å²) >= 11 is 20.3. The second-order valence-electron chi connectivity index (χ2n) is 22.6. The van der Waals surface area contributed by atoms with E-state index in [1.807, 2.05) is 48.5 Å². The van der Waals surface area contributed by atoms with Gasteiger partial charge in [-0.25, -0.2) is 0 Å². The van der Waals surface area contributed by atoms with E-state index in [1.54, 1.807) is 12.1 Å². The molecule has 484 valence electrons. The molecule has 0 fully saturated rings. The maximum Gasteiger partial charge on any atom is 0.134 e. The second kappa shape index (κ2) is 51.3. The van der Waals surface area contributed by atoms with E-state index in [0.29, 0.717) is 21.5 Å². The van der Waals surface area contributed by atoms with E-state index < -0.39 is 0 Å². The molecule has 4 nitrogen and oxygen atoms in total. The molecule has 0 spiro atoms. The molecule has 88 heavy (non-hydrogen) atoms. The van der Waals surface area contributed by atoms with Gasteiger partial charge in [-0.2, -0.15) is 47.0 Å². The Bertz CT molecular complexity index is 2510. The Labute approximate surface area is 575 Å². The van der Waals surface area contributed by atoms with Crippen molar-refractivity contribution in [1.82, 2.24) is 0 Å². The number of hydrogen-bond acceptors (Lipinski definition) is 12. The molecule has 4 N–H and O–H groups in total. The summed E-state index contributed by atoms with van der Waals surface area (Å²) in [6, 6.07) is 44.1. The molecule has 0 radical (unpaired) electrons. The highest BCUT2D eigenvalue weighted by Crippen LogP contribution is 2.30. The van der Waals surface area contributed by atoms with Crippen LogP contribution < -0.4 is 0 Å². The van der Waals surface area contributed by atoms with Crippen LogP contribution in [0.15, 0.2) is 133 Å². The molecular formula is C74H102Cl2O4S8. The summed E-state index contributed by atoms with van der Waals surface area (Å²) in [7, 11) is 8.30. The van der Waals surface area contributed by atoms with Crippen molar-refractivity contribution in [3.05, 3.63) is 188 Å². The number of phenolic OH excluding ortho intramolecular Hbond substituents is 4. The molecule has 0 saturated heterocycles. The van der Waals surface area contributed by atoms with Gasteiger partial charge in [0.2, 0.25) is 0 Å². The normalized spacial score (nSPS) is 11.3. The van der Waals surface area contributed by atoms with E-state index in [2.05, 4.69) is 163 Å². The summed E-state index contributed by atoms with van der Waals surface area (Å²) in [6.07, 6.45) is 32.2. The van der Waals surface area contributed by atoms with Gasteiger partial charge >= 0.3 is 0 Å². The lowest BCUT2D eigenvalue weighted by Crippen LogP contribution is -1.94. The minimum absolute atomic E-state index is 0.168. The van der Waals surface area contributed by atoms with Crippen LogP contribution in [0.3, 0.4) is 0 Å². The number of aromatic hydroxyl groups is 4. The van der Waals surface area contributed by atoms with E-state index in [4.69, 9.17) is 23.2 Å². The summed E-state index contributed by atoms with van der Waals surface area (Å²) in [5.41, 5.74) is 9.63. The third-order valence-electron chi connectivity index (χ3n) is 15.0. The first-order valence-corrected chi connectivity index (χ1v) is 43.0. The fraction of sp³-hybridized carbons (Fsp3) is 0.514. The minimum atomic E-state index is 0.168. The van der Waals surface area contributed by atoms with Gasteiger partial charge in [0.15, 0.2) is 0 Å². The molecule has 0 saturated carbocycles. The average molecular weight is 1380 g/mol. The van der Waals surface area contributed by atoms with Gasteiger partial charge in [0.25, 0.3) is 0 Å². The van der Waals surface area contributed by atoms with Crippen LogP contribution in [-0.2, 0) is 38.5 Å². The summed E-state index contributed by atoms with van der Waals surface area (Å²) < 4.78 is 0. The quantitative estimate of drug-likeness (QED) is 0.0217. The fourth-order valence-electron chi connectivity index (χ4n) is 9.95. The highest BCUT2D eigenvalue weighted by Gasteiger charge is 2.08. The molecule has 0 bridgehead atoms. The Balaban J connectivity index is 0.000000333. The van der Waals surface area contributed by atoms with Crippen molar-refractivity contribution in [2.75, 3.05) is 69.0 Å². The van der Waals surface area contributed by atoms with Gasteiger partial charge in [0.1, 0.15) is 23.0 Å². The standard InChI is InChI=1S/C44H58O2S4.C30H44Cl2O2S4/c45-43-25-23-39(35-41(43)33-37-17-7-5-8-18-37)21-15-29-47-27-11-1-3-13-31-49-50-32-14-4-2-12-28-48-30-16-22-40-24-26-44(46)42(36-40)34-38-19-9-6-10-20-38;31-27-23-25(13-15-29(27)33)11-9-19-35-17-5-1-3-7-21-37-38-22-8-4-2-6-18-36-20-10-12-26-14-16-30(34)28(32)24-26/h5-10,17-20,23-26,35-36,45-46H,1-4,11-16,21-22,27-34H2;13-16,23-24,33-34H,1-12,17-22H2. The number of phenols is 4. The molecule has 0 aliphatic rings. The summed E-state index contributed by atoms with van der Waals surface area (Å²) in [6.45, 7) is 0. The molecule has 0 unspecified atom stereocenters. The third-order valence-corrected chi connectivity index (χ3v) is 25.4. The van der Waals surface area contributed by atoms with E-state index >= 15 is 0 Å². The van der Waals surface area contributed by atoms with E-state index in [-0.39, 0.29) is 11.5 Å². The van der Waals surface area contributed by atoms with Crippen LogP contribution >= 0.6 is 113 Å². The Morgan fingerprint density at radius 3 is 0.773 bits per heavy atom. The molecule has 6 aromatic carbocycles. The number of thioether (sulfide) groups is 4. The minimum Gasteiger partial charge on any atom is -0.508 e. The van der Waals surface area contributed by atoms with E-state index in [1.165, 1.54) is 218 Å². The first-order valence-electron chi connectivity index (χ1n) is 32.7. The van der Waals surface area contributed by atoms with Crippen LogP contribution in [0.25, 0.3) is 0 Å². The van der Waals surface area contributed by atoms with Crippen LogP contribution in [0, 0.1) is 0 Å². The van der Waals surface area contributed by atoms with Gasteiger partial charge in [0.05, 0.1) is 10.0 Å². The Morgan fingerprint density at radius 2 is 0.489 bits per heavy atom. The lowest BCUT2D eigenvalue weighted by Gasteiger charge is -2.09. The van der Waals surface area contributed by atoms with Crippen LogP contribution in [0.1, 0.15) is 173 Å².